The third kappa shape index (κ3) is 4.23. The zero-order chi connectivity index (χ0) is 22.2. The van der Waals surface area contributed by atoms with Gasteiger partial charge in [-0.05, 0) is 24.3 Å². The highest BCUT2D eigenvalue weighted by molar-refractivity contribution is 7.89. The fraction of sp³-hybridized carbons (Fsp3) is 0.300. The summed E-state index contributed by atoms with van der Waals surface area (Å²) >= 11 is 12.1. The number of amides is 1. The average molecular weight is 484 g/mol. The molecule has 1 aliphatic rings. The van der Waals surface area contributed by atoms with Gasteiger partial charge in [-0.3, -0.25) is 9.36 Å². The molecule has 2 aromatic carbocycles. The van der Waals surface area contributed by atoms with Crippen molar-refractivity contribution in [3.05, 3.63) is 63.1 Å². The molecule has 0 radical (unpaired) electrons. The molecule has 0 atom stereocenters. The minimum absolute atomic E-state index is 0.0591. The number of carbonyl (C=O) groups excluding carboxylic acids is 1. The summed E-state index contributed by atoms with van der Waals surface area (Å²) in [4.78, 5) is 26.2. The van der Waals surface area contributed by atoms with E-state index >= 15 is 0 Å². The number of oxazole rings is 1. The lowest BCUT2D eigenvalue weighted by atomic mass is 10.3. The highest BCUT2D eigenvalue weighted by Crippen LogP contribution is 2.31. The number of carbonyl (C=O) groups is 1. The van der Waals surface area contributed by atoms with Crippen molar-refractivity contribution in [3.63, 3.8) is 0 Å². The number of benzene rings is 2. The van der Waals surface area contributed by atoms with Crippen LogP contribution in [-0.4, -0.2) is 54.3 Å². The Bertz CT molecular complexity index is 1270. The fourth-order valence-electron chi connectivity index (χ4n) is 3.63. The van der Waals surface area contributed by atoms with E-state index in [0.717, 1.165) is 0 Å². The van der Waals surface area contributed by atoms with E-state index in [1.807, 2.05) is 0 Å². The van der Waals surface area contributed by atoms with Gasteiger partial charge in [-0.15, -0.1) is 0 Å². The molecule has 4 rings (SSSR count). The van der Waals surface area contributed by atoms with Gasteiger partial charge >= 0.3 is 5.76 Å². The van der Waals surface area contributed by atoms with Gasteiger partial charge in [0.1, 0.15) is 4.90 Å². The summed E-state index contributed by atoms with van der Waals surface area (Å²) in [6, 6.07) is 11.5. The average Bonchev–Trinajstić information content (AvgIpc) is 3.06. The number of fused-ring (bicyclic) bond motifs is 1. The molecule has 31 heavy (non-hydrogen) atoms. The monoisotopic (exact) mass is 483 g/mol. The maximum absolute atomic E-state index is 13.0. The van der Waals surface area contributed by atoms with Crippen molar-refractivity contribution in [2.24, 2.45) is 0 Å². The van der Waals surface area contributed by atoms with E-state index in [1.165, 1.54) is 21.0 Å². The summed E-state index contributed by atoms with van der Waals surface area (Å²) in [5.41, 5.74) is 1.10. The lowest BCUT2D eigenvalue weighted by Gasteiger charge is -2.34. The van der Waals surface area contributed by atoms with E-state index in [0.29, 0.717) is 11.1 Å². The molecule has 0 aliphatic carbocycles. The molecule has 1 amide bonds. The number of rotatable bonds is 5. The first-order valence-electron chi connectivity index (χ1n) is 9.59. The van der Waals surface area contributed by atoms with Crippen molar-refractivity contribution in [3.8, 4) is 0 Å². The number of hydrogen-bond donors (Lipinski definition) is 0. The van der Waals surface area contributed by atoms with Crippen LogP contribution in [0.5, 0.6) is 0 Å². The maximum atomic E-state index is 13.0. The molecule has 8 nitrogen and oxygen atoms in total. The zero-order valence-corrected chi connectivity index (χ0v) is 18.7. The maximum Gasteiger partial charge on any atom is 0.419 e. The van der Waals surface area contributed by atoms with Crippen molar-refractivity contribution < 1.29 is 17.6 Å². The highest BCUT2D eigenvalue weighted by atomic mass is 35.5. The molecular formula is C20H19Cl2N3O5S. The van der Waals surface area contributed by atoms with Crippen LogP contribution in [0.4, 0.5) is 0 Å². The molecule has 0 bridgehead atoms. The van der Waals surface area contributed by atoms with Gasteiger partial charge in [0.05, 0.1) is 15.6 Å². The predicted molar refractivity (Wildman–Crippen MR) is 117 cm³/mol. The highest BCUT2D eigenvalue weighted by Gasteiger charge is 2.33. The van der Waals surface area contributed by atoms with Crippen LogP contribution in [0.2, 0.25) is 10.0 Å². The smallest absolute Gasteiger partial charge is 0.408 e. The lowest BCUT2D eigenvalue weighted by molar-refractivity contribution is -0.132. The zero-order valence-electron chi connectivity index (χ0n) is 16.3. The van der Waals surface area contributed by atoms with E-state index in [2.05, 4.69) is 0 Å². The van der Waals surface area contributed by atoms with Gasteiger partial charge in [0.25, 0.3) is 0 Å². The standard InChI is InChI=1S/C20H19Cl2N3O5S/c21-14-4-3-5-15(22)19(14)31(28,29)24-12-10-23(11-13-24)18(26)8-9-25-16-6-1-2-7-17(16)30-20(25)27/h1-7H,8-13H2. The summed E-state index contributed by atoms with van der Waals surface area (Å²) < 4.78 is 33.8. The molecule has 1 fully saturated rings. The Morgan fingerprint density at radius 2 is 1.61 bits per heavy atom. The summed E-state index contributed by atoms with van der Waals surface area (Å²) in [6.07, 6.45) is 0.104. The molecule has 1 saturated heterocycles. The Balaban J connectivity index is 1.40. The second kappa shape index (κ2) is 8.66. The quantitative estimate of drug-likeness (QED) is 0.556. The van der Waals surface area contributed by atoms with Crippen LogP contribution in [0.25, 0.3) is 11.1 Å². The number of halogens is 2. The van der Waals surface area contributed by atoms with Crippen molar-refractivity contribution >= 4 is 50.2 Å². The first-order chi connectivity index (χ1) is 14.8. The van der Waals surface area contributed by atoms with Crippen LogP contribution in [0.1, 0.15) is 6.42 Å². The molecule has 0 N–H and O–H groups in total. The molecule has 164 valence electrons. The number of nitrogens with zero attached hydrogens (tertiary/aromatic N) is 3. The van der Waals surface area contributed by atoms with Crippen LogP contribution in [0, 0.1) is 0 Å². The Hall–Kier alpha value is -2.33. The number of hydrogen-bond acceptors (Lipinski definition) is 5. The summed E-state index contributed by atoms with van der Waals surface area (Å²) in [5, 5.41) is 0.118. The third-order valence-corrected chi connectivity index (χ3v) is 8.09. The summed E-state index contributed by atoms with van der Waals surface area (Å²) in [5.74, 6) is -0.675. The van der Waals surface area contributed by atoms with Crippen LogP contribution in [0.3, 0.4) is 0 Å². The van der Waals surface area contributed by atoms with Crippen molar-refractivity contribution in [1.82, 2.24) is 13.8 Å². The molecule has 0 unspecified atom stereocenters. The minimum atomic E-state index is -3.88. The SMILES string of the molecule is O=C(CCn1c(=O)oc2ccccc21)N1CCN(S(=O)(=O)c2c(Cl)cccc2Cl)CC1. The van der Waals surface area contributed by atoms with Gasteiger partial charge < -0.3 is 9.32 Å². The van der Waals surface area contributed by atoms with Crippen LogP contribution < -0.4 is 5.76 Å². The number of para-hydroxylation sites is 2. The molecule has 2 heterocycles. The first-order valence-corrected chi connectivity index (χ1v) is 11.8. The number of sulfonamides is 1. The normalized spacial score (nSPS) is 15.5. The van der Waals surface area contributed by atoms with Gasteiger partial charge in [-0.1, -0.05) is 41.4 Å². The predicted octanol–water partition coefficient (Wildman–Crippen LogP) is 2.82. The Morgan fingerprint density at radius 1 is 0.968 bits per heavy atom. The van der Waals surface area contributed by atoms with E-state index in [1.54, 1.807) is 35.2 Å². The molecular weight excluding hydrogens is 465 g/mol. The van der Waals surface area contributed by atoms with Gasteiger partial charge in [0.2, 0.25) is 15.9 Å². The second-order valence-electron chi connectivity index (χ2n) is 7.07. The third-order valence-electron chi connectivity index (χ3n) is 5.23. The molecule has 11 heteroatoms. The molecule has 1 aromatic heterocycles. The van der Waals surface area contributed by atoms with E-state index in [9.17, 15) is 18.0 Å². The minimum Gasteiger partial charge on any atom is -0.408 e. The van der Waals surface area contributed by atoms with Crippen LogP contribution in [-0.2, 0) is 21.4 Å². The number of aryl methyl sites for hydroxylation is 1. The molecule has 3 aromatic rings. The van der Waals surface area contributed by atoms with Gasteiger partial charge in [0.15, 0.2) is 5.58 Å². The fourth-order valence-corrected chi connectivity index (χ4v) is 6.14. The van der Waals surface area contributed by atoms with Crippen molar-refractivity contribution in [2.75, 3.05) is 26.2 Å². The number of piperazine rings is 1. The van der Waals surface area contributed by atoms with Crippen molar-refractivity contribution in [2.45, 2.75) is 17.9 Å². The van der Waals surface area contributed by atoms with Crippen molar-refractivity contribution in [1.29, 1.82) is 0 Å². The number of aromatic nitrogens is 1. The summed E-state index contributed by atoms with van der Waals surface area (Å²) in [6.45, 7) is 0.916. The molecule has 0 saturated carbocycles. The topological polar surface area (TPSA) is 92.8 Å². The Labute approximate surface area is 188 Å². The van der Waals surface area contributed by atoms with E-state index < -0.39 is 15.8 Å². The van der Waals surface area contributed by atoms with Crippen LogP contribution >= 0.6 is 23.2 Å². The van der Waals surface area contributed by atoms with Gasteiger partial charge in [0, 0.05) is 39.1 Å². The lowest BCUT2D eigenvalue weighted by Crippen LogP contribution is -2.50. The molecule has 1 aliphatic heterocycles. The Kier molecular flexibility index (Phi) is 6.11. The molecule has 0 spiro atoms. The van der Waals surface area contributed by atoms with Crippen LogP contribution in [0.15, 0.2) is 56.6 Å². The van der Waals surface area contributed by atoms with Gasteiger partial charge in [-0.25, -0.2) is 13.2 Å². The Morgan fingerprint density at radius 3 is 2.29 bits per heavy atom. The van der Waals surface area contributed by atoms with E-state index in [4.69, 9.17) is 27.6 Å². The van der Waals surface area contributed by atoms with Gasteiger partial charge in [-0.2, -0.15) is 4.31 Å². The largest absolute Gasteiger partial charge is 0.419 e. The van der Waals surface area contributed by atoms with E-state index in [-0.39, 0.29) is 60.0 Å². The second-order valence-corrected chi connectivity index (χ2v) is 9.76. The summed E-state index contributed by atoms with van der Waals surface area (Å²) in [7, 11) is -3.88. The first kappa shape index (κ1) is 21.9.